The van der Waals surface area contributed by atoms with E-state index in [2.05, 4.69) is 62.2 Å². The molecule has 0 atom stereocenters. The first-order valence-electron chi connectivity index (χ1n) is 13.4. The van der Waals surface area contributed by atoms with Gasteiger partial charge in [0.2, 0.25) is 0 Å². The van der Waals surface area contributed by atoms with E-state index in [0.717, 1.165) is 11.0 Å². The Balaban J connectivity index is 0.000000146. The molecule has 9 rings (SSSR count). The summed E-state index contributed by atoms with van der Waals surface area (Å²) in [6.07, 6.45) is 20.0. The van der Waals surface area contributed by atoms with Crippen LogP contribution in [0.1, 0.15) is 0 Å². The molecule has 0 spiro atoms. The Morgan fingerprint density at radius 2 is 1.09 bits per heavy atom. The number of nitrogens with zero attached hydrogens (tertiary/aromatic N) is 6. The van der Waals surface area contributed by atoms with Crippen LogP contribution in [0.3, 0.4) is 0 Å². The minimum Gasteiger partial charge on any atom is -0.452 e. The Hall–Kier alpha value is -5.36. The molecule has 0 amide bonds. The standard InChI is InChI=1S/C8H6N2.C6H4S2.C5H5N.C4H4N2.C4H5N.C4H4S.C3H3NO/c1-2-4-8-7(3-1)9-5-6-10-8;1-3-7-6-2-4-8-5(1)6;1-2-4-6-5-3-1;1-2-5-4-6-3-1;2*1-2-4-5-3-1;1-2-5-3-4-1/h1-6H;1-4H;1-5H;1-4H;1-5H;1-4H;1-3H. The van der Waals surface area contributed by atoms with E-state index in [4.69, 9.17) is 0 Å². The predicted octanol–water partition coefficient (Wildman–Crippen LogP) is 9.59. The molecule has 0 aliphatic heterocycles. The van der Waals surface area contributed by atoms with Crippen LogP contribution in [-0.4, -0.2) is 34.9 Å². The van der Waals surface area contributed by atoms with Crippen molar-refractivity contribution in [2.75, 3.05) is 0 Å². The highest BCUT2D eigenvalue weighted by molar-refractivity contribution is 7.25. The zero-order valence-electron chi connectivity index (χ0n) is 24.1. The van der Waals surface area contributed by atoms with Crippen LogP contribution in [0.25, 0.3) is 20.4 Å². The van der Waals surface area contributed by atoms with Crippen molar-refractivity contribution in [3.05, 3.63) is 181 Å². The quantitative estimate of drug-likeness (QED) is 0.174. The zero-order chi connectivity index (χ0) is 31.3. The number of rotatable bonds is 0. The SMILES string of the molecule is c1cc2sccc2s1.c1cc[nH]c1.c1ccc2nccnc2c1.c1ccncc1.c1ccsc1.c1cncnc1.c1cocn1. The van der Waals surface area contributed by atoms with Crippen LogP contribution in [-0.2, 0) is 0 Å². The van der Waals surface area contributed by atoms with E-state index >= 15 is 0 Å². The molecular weight excluding hydrogens is 619 g/mol. The summed E-state index contributed by atoms with van der Waals surface area (Å²) in [5.74, 6) is 0. The Morgan fingerprint density at radius 1 is 0.489 bits per heavy atom. The lowest BCUT2D eigenvalue weighted by molar-refractivity contribution is 0.558. The summed E-state index contributed by atoms with van der Waals surface area (Å²) in [7, 11) is 0. The highest BCUT2D eigenvalue weighted by Gasteiger charge is 1.91. The van der Waals surface area contributed by atoms with Crippen molar-refractivity contribution < 1.29 is 4.42 Å². The maximum atomic E-state index is 4.47. The Morgan fingerprint density at radius 3 is 1.40 bits per heavy atom. The molecule has 8 nitrogen and oxygen atoms in total. The van der Waals surface area contributed by atoms with Crippen LogP contribution < -0.4 is 0 Å². The van der Waals surface area contributed by atoms with E-state index < -0.39 is 0 Å². The largest absolute Gasteiger partial charge is 0.452 e. The molecule has 0 saturated carbocycles. The molecule has 0 aliphatic rings. The predicted molar refractivity (Wildman–Crippen MR) is 187 cm³/mol. The molecule has 0 radical (unpaired) electrons. The van der Waals surface area contributed by atoms with Gasteiger partial charge in [-0.25, -0.2) is 15.0 Å². The van der Waals surface area contributed by atoms with Gasteiger partial charge in [0.25, 0.3) is 0 Å². The summed E-state index contributed by atoms with van der Waals surface area (Å²) in [6.45, 7) is 0. The second kappa shape index (κ2) is 24.1. The van der Waals surface area contributed by atoms with E-state index in [0.29, 0.717) is 0 Å². The molecule has 1 aromatic carbocycles. The van der Waals surface area contributed by atoms with Gasteiger partial charge >= 0.3 is 0 Å². The average molecular weight is 650 g/mol. The highest BCUT2D eigenvalue weighted by Crippen LogP contribution is 2.25. The van der Waals surface area contributed by atoms with Crippen LogP contribution in [0.5, 0.6) is 0 Å². The van der Waals surface area contributed by atoms with E-state index in [-0.39, 0.29) is 0 Å². The third-order valence-electron chi connectivity index (χ3n) is 4.76. The maximum absolute atomic E-state index is 4.47. The van der Waals surface area contributed by atoms with Gasteiger partial charge in [-0.2, -0.15) is 11.3 Å². The van der Waals surface area contributed by atoms with Gasteiger partial charge in [0.1, 0.15) is 12.6 Å². The van der Waals surface area contributed by atoms with Crippen molar-refractivity contribution in [1.82, 2.24) is 34.9 Å². The molecule has 45 heavy (non-hydrogen) atoms. The Labute approximate surface area is 273 Å². The molecule has 11 heteroatoms. The smallest absolute Gasteiger partial charge is 0.180 e. The zero-order valence-corrected chi connectivity index (χ0v) is 26.6. The minimum absolute atomic E-state index is 0.949. The number of aromatic nitrogens is 7. The first-order valence-corrected chi connectivity index (χ1v) is 16.1. The molecule has 8 heterocycles. The lowest BCUT2D eigenvalue weighted by Crippen LogP contribution is -1.78. The summed E-state index contributed by atoms with van der Waals surface area (Å²) in [6, 6.07) is 27.5. The van der Waals surface area contributed by atoms with Crippen LogP contribution in [0.4, 0.5) is 0 Å². The molecule has 0 fully saturated rings. The number of oxazole rings is 1. The molecule has 1 N–H and O–H groups in total. The molecule has 226 valence electrons. The fourth-order valence-corrected chi connectivity index (χ4v) is 5.13. The van der Waals surface area contributed by atoms with Crippen molar-refractivity contribution in [3.8, 4) is 0 Å². The van der Waals surface area contributed by atoms with E-state index in [9.17, 15) is 0 Å². The second-order valence-corrected chi connectivity index (χ2v) is 10.6. The molecule has 9 aromatic rings. The number of nitrogens with one attached hydrogen (secondary N) is 1. The first kappa shape index (κ1) is 34.1. The molecular formula is C34H31N7OS3. The van der Waals surface area contributed by atoms with Crippen LogP contribution in [0.2, 0.25) is 0 Å². The summed E-state index contributed by atoms with van der Waals surface area (Å²) in [5, 5.41) is 8.34. The Bertz CT molecular complexity index is 1490. The summed E-state index contributed by atoms with van der Waals surface area (Å²) < 4.78 is 7.30. The van der Waals surface area contributed by atoms with Gasteiger partial charge in [-0.3, -0.25) is 15.0 Å². The number of aromatic amines is 1. The molecule has 0 saturated heterocycles. The lowest BCUT2D eigenvalue weighted by atomic mass is 10.3. The van der Waals surface area contributed by atoms with Crippen molar-refractivity contribution in [2.24, 2.45) is 0 Å². The number of para-hydroxylation sites is 2. The van der Waals surface area contributed by atoms with Crippen molar-refractivity contribution >= 4 is 54.4 Å². The number of thiophene rings is 3. The number of hydrogen-bond acceptors (Lipinski definition) is 10. The van der Waals surface area contributed by atoms with Gasteiger partial charge < -0.3 is 9.40 Å². The number of H-pyrrole nitrogens is 1. The number of fused-ring (bicyclic) bond motifs is 2. The van der Waals surface area contributed by atoms with E-state index in [1.165, 1.54) is 28.4 Å². The van der Waals surface area contributed by atoms with Crippen molar-refractivity contribution in [1.29, 1.82) is 0 Å². The maximum Gasteiger partial charge on any atom is 0.180 e. The minimum atomic E-state index is 0.949. The van der Waals surface area contributed by atoms with Gasteiger partial charge in [0.05, 0.1) is 17.2 Å². The number of benzene rings is 1. The topological polar surface area (TPSA) is 106 Å². The summed E-state index contributed by atoms with van der Waals surface area (Å²) in [4.78, 5) is 25.8. The van der Waals surface area contributed by atoms with Gasteiger partial charge in [0.15, 0.2) is 6.39 Å². The second-order valence-electron chi connectivity index (χ2n) is 7.90. The third-order valence-corrected chi connectivity index (χ3v) is 7.28. The first-order chi connectivity index (χ1) is 22.4. The van der Waals surface area contributed by atoms with Crippen LogP contribution in [0.15, 0.2) is 186 Å². The van der Waals surface area contributed by atoms with Gasteiger partial charge in [0, 0.05) is 59.0 Å². The molecule has 0 aliphatic carbocycles. The number of hydrogen-bond donors (Lipinski definition) is 1. The molecule has 0 unspecified atom stereocenters. The van der Waals surface area contributed by atoms with Crippen molar-refractivity contribution in [3.63, 3.8) is 0 Å². The summed E-state index contributed by atoms with van der Waals surface area (Å²) >= 11 is 5.32. The van der Waals surface area contributed by atoms with Crippen LogP contribution in [0, 0.1) is 0 Å². The fourth-order valence-electron chi connectivity index (χ4n) is 2.85. The summed E-state index contributed by atoms with van der Waals surface area (Å²) in [5.41, 5.74) is 1.90. The van der Waals surface area contributed by atoms with Gasteiger partial charge in [-0.1, -0.05) is 30.3 Å². The van der Waals surface area contributed by atoms with E-state index in [1.807, 2.05) is 89.9 Å². The third kappa shape index (κ3) is 16.8. The lowest BCUT2D eigenvalue weighted by Gasteiger charge is -1.90. The van der Waals surface area contributed by atoms with Crippen LogP contribution >= 0.6 is 34.0 Å². The monoisotopic (exact) mass is 649 g/mol. The van der Waals surface area contributed by atoms with Crippen molar-refractivity contribution in [2.45, 2.75) is 0 Å². The Kier molecular flexibility index (Phi) is 18.3. The molecule has 0 bridgehead atoms. The molecule has 8 aromatic heterocycles. The number of pyridine rings is 1. The van der Waals surface area contributed by atoms with Gasteiger partial charge in [-0.15, -0.1) is 22.7 Å². The van der Waals surface area contributed by atoms with Gasteiger partial charge in [-0.05, 0) is 76.1 Å². The fraction of sp³-hybridized carbons (Fsp3) is 0. The normalized spacial score (nSPS) is 8.89. The average Bonchev–Trinajstić information content (AvgIpc) is 3.98. The van der Waals surface area contributed by atoms with E-state index in [1.54, 1.807) is 83.5 Å². The highest BCUT2D eigenvalue weighted by atomic mass is 32.1.